The summed E-state index contributed by atoms with van der Waals surface area (Å²) in [5.74, 6) is -0.164. The van der Waals surface area contributed by atoms with Crippen molar-refractivity contribution >= 4 is 17.5 Å². The summed E-state index contributed by atoms with van der Waals surface area (Å²) in [4.78, 5) is 31.2. The molecule has 0 aliphatic carbocycles. The summed E-state index contributed by atoms with van der Waals surface area (Å²) < 4.78 is 7.74. The molecule has 2 fully saturated rings. The van der Waals surface area contributed by atoms with Crippen LogP contribution in [0.15, 0.2) is 61.1 Å². The maximum Gasteiger partial charge on any atom is 0.255 e. The van der Waals surface area contributed by atoms with E-state index in [2.05, 4.69) is 10.3 Å². The summed E-state index contributed by atoms with van der Waals surface area (Å²) in [7, 11) is 0. The van der Waals surface area contributed by atoms with Crippen molar-refractivity contribution in [2.45, 2.75) is 18.1 Å². The van der Waals surface area contributed by atoms with E-state index in [4.69, 9.17) is 4.74 Å². The normalized spacial score (nSPS) is 24.6. The Kier molecular flexibility index (Phi) is 3.91. The first-order valence-electron chi connectivity index (χ1n) is 9.36. The molecule has 0 radical (unpaired) electrons. The van der Waals surface area contributed by atoms with Crippen molar-refractivity contribution in [2.75, 3.05) is 19.7 Å². The lowest BCUT2D eigenvalue weighted by molar-refractivity contribution is -0.150. The second-order valence-corrected chi connectivity index (χ2v) is 7.30. The van der Waals surface area contributed by atoms with Gasteiger partial charge in [0.15, 0.2) is 0 Å². The second-order valence-electron chi connectivity index (χ2n) is 7.30. The van der Waals surface area contributed by atoms with Crippen LogP contribution in [0.5, 0.6) is 0 Å². The van der Waals surface area contributed by atoms with Crippen LogP contribution in [-0.4, -0.2) is 51.9 Å². The number of ether oxygens (including phenoxy) is 1. The Bertz CT molecular complexity index is 1050. The molecule has 2 aliphatic rings. The van der Waals surface area contributed by atoms with Crippen molar-refractivity contribution in [3.63, 3.8) is 0 Å². The lowest BCUT2D eigenvalue weighted by Gasteiger charge is -2.50. The number of rotatable bonds is 2. The van der Waals surface area contributed by atoms with Crippen LogP contribution >= 0.6 is 0 Å². The van der Waals surface area contributed by atoms with E-state index in [0.717, 1.165) is 11.2 Å². The average molecular weight is 376 g/mol. The highest BCUT2D eigenvalue weighted by Crippen LogP contribution is 2.37. The molecule has 0 saturated carbocycles. The standard InChI is InChI=1S/C21H20N4O3/c26-19-14-28-17-13-25(10-8-21(17,23-19)16-4-2-1-3-5-16)20(27)15-6-7-18-22-9-11-24(18)12-15/h1-7,9,11-12,17H,8,10,13-14H2,(H,23,26)/t17-,21+/m1/s1. The number of carbonyl (C=O) groups is 2. The maximum absolute atomic E-state index is 13.1. The zero-order valence-corrected chi connectivity index (χ0v) is 15.2. The minimum absolute atomic E-state index is 0.0161. The van der Waals surface area contributed by atoms with Crippen molar-refractivity contribution in [2.24, 2.45) is 0 Å². The molecule has 28 heavy (non-hydrogen) atoms. The highest BCUT2D eigenvalue weighted by atomic mass is 16.5. The van der Waals surface area contributed by atoms with Gasteiger partial charge in [-0.05, 0) is 24.1 Å². The SMILES string of the molecule is O=C1CO[C@@H]2CN(C(=O)c3ccc4nccn4c3)CC[C@@]2(c2ccccc2)N1. The summed E-state index contributed by atoms with van der Waals surface area (Å²) in [6.07, 6.45) is 5.64. The van der Waals surface area contributed by atoms with E-state index >= 15 is 0 Å². The number of nitrogens with one attached hydrogen (secondary N) is 1. The Morgan fingerprint density at radius 3 is 2.93 bits per heavy atom. The molecule has 3 aromatic rings. The number of amides is 2. The molecule has 2 amide bonds. The lowest BCUT2D eigenvalue weighted by atomic mass is 9.77. The largest absolute Gasteiger partial charge is 0.364 e. The Balaban J connectivity index is 1.43. The molecular formula is C21H20N4O3. The number of aromatic nitrogens is 2. The number of benzene rings is 1. The van der Waals surface area contributed by atoms with Gasteiger partial charge in [0, 0.05) is 31.7 Å². The second kappa shape index (κ2) is 6.45. The van der Waals surface area contributed by atoms with Crippen molar-refractivity contribution in [3.8, 4) is 0 Å². The van der Waals surface area contributed by atoms with Crippen molar-refractivity contribution < 1.29 is 14.3 Å². The molecule has 0 spiro atoms. The molecule has 142 valence electrons. The lowest BCUT2D eigenvalue weighted by Crippen LogP contribution is -2.67. The monoisotopic (exact) mass is 376 g/mol. The number of morpholine rings is 1. The van der Waals surface area contributed by atoms with E-state index in [1.807, 2.05) is 47.0 Å². The summed E-state index contributed by atoms with van der Waals surface area (Å²) in [5.41, 5.74) is 1.83. The number of piperidine rings is 1. The summed E-state index contributed by atoms with van der Waals surface area (Å²) in [5, 5.41) is 3.15. The molecule has 2 atom stereocenters. The molecule has 2 saturated heterocycles. The fraction of sp³-hybridized carbons (Fsp3) is 0.286. The fourth-order valence-electron chi connectivity index (χ4n) is 4.27. The number of hydrogen-bond donors (Lipinski definition) is 1. The number of likely N-dealkylation sites (tertiary alicyclic amines) is 1. The van der Waals surface area contributed by atoms with Crippen LogP contribution in [0, 0.1) is 0 Å². The van der Waals surface area contributed by atoms with E-state index < -0.39 is 5.54 Å². The minimum atomic E-state index is -0.596. The third kappa shape index (κ3) is 2.66. The van der Waals surface area contributed by atoms with Gasteiger partial charge in [0.25, 0.3) is 5.91 Å². The smallest absolute Gasteiger partial charge is 0.255 e. The molecule has 7 heteroatoms. The highest BCUT2D eigenvalue weighted by molar-refractivity contribution is 5.94. The fourth-order valence-corrected chi connectivity index (χ4v) is 4.27. The van der Waals surface area contributed by atoms with Gasteiger partial charge in [-0.25, -0.2) is 4.98 Å². The first kappa shape index (κ1) is 16.9. The molecule has 2 aliphatic heterocycles. The molecule has 0 bridgehead atoms. The highest BCUT2D eigenvalue weighted by Gasteiger charge is 2.49. The van der Waals surface area contributed by atoms with Gasteiger partial charge in [-0.1, -0.05) is 30.3 Å². The molecule has 7 nitrogen and oxygen atoms in total. The van der Waals surface area contributed by atoms with Gasteiger partial charge in [-0.2, -0.15) is 0 Å². The molecule has 1 aromatic carbocycles. The van der Waals surface area contributed by atoms with E-state index in [1.165, 1.54) is 0 Å². The van der Waals surface area contributed by atoms with Crippen LogP contribution in [0.25, 0.3) is 5.65 Å². The van der Waals surface area contributed by atoms with Gasteiger partial charge in [0.1, 0.15) is 18.4 Å². The average Bonchev–Trinajstić information content (AvgIpc) is 3.21. The first-order valence-corrected chi connectivity index (χ1v) is 9.36. The van der Waals surface area contributed by atoms with E-state index in [0.29, 0.717) is 25.1 Å². The van der Waals surface area contributed by atoms with Gasteiger partial charge >= 0.3 is 0 Å². The third-order valence-electron chi connectivity index (χ3n) is 5.70. The third-order valence-corrected chi connectivity index (χ3v) is 5.70. The number of nitrogens with zero attached hydrogens (tertiary/aromatic N) is 3. The van der Waals surface area contributed by atoms with Gasteiger partial charge in [-0.15, -0.1) is 0 Å². The molecule has 5 rings (SSSR count). The first-order chi connectivity index (χ1) is 13.7. The Hall–Kier alpha value is -3.19. The molecular weight excluding hydrogens is 356 g/mol. The van der Waals surface area contributed by atoms with Crippen molar-refractivity contribution in [3.05, 3.63) is 72.2 Å². The Morgan fingerprint density at radius 2 is 2.07 bits per heavy atom. The van der Waals surface area contributed by atoms with Crippen LogP contribution in [0.4, 0.5) is 0 Å². The topological polar surface area (TPSA) is 75.9 Å². The van der Waals surface area contributed by atoms with Gasteiger partial charge in [-0.3, -0.25) is 9.59 Å². The van der Waals surface area contributed by atoms with Crippen molar-refractivity contribution in [1.29, 1.82) is 0 Å². The van der Waals surface area contributed by atoms with Gasteiger partial charge in [0.2, 0.25) is 5.91 Å². The van der Waals surface area contributed by atoms with Crippen LogP contribution < -0.4 is 5.32 Å². The number of carbonyl (C=O) groups excluding carboxylic acids is 2. The number of pyridine rings is 1. The van der Waals surface area contributed by atoms with E-state index in [-0.39, 0.29) is 24.5 Å². The predicted octanol–water partition coefficient (Wildman–Crippen LogP) is 1.59. The quantitative estimate of drug-likeness (QED) is 0.737. The maximum atomic E-state index is 13.1. The molecule has 1 N–H and O–H groups in total. The summed E-state index contributed by atoms with van der Waals surface area (Å²) in [6, 6.07) is 13.5. The number of imidazole rings is 1. The number of hydrogen-bond acceptors (Lipinski definition) is 4. The minimum Gasteiger partial charge on any atom is -0.364 e. The van der Waals surface area contributed by atoms with Crippen LogP contribution in [0.3, 0.4) is 0 Å². The number of fused-ring (bicyclic) bond motifs is 2. The van der Waals surface area contributed by atoms with Crippen LogP contribution in [-0.2, 0) is 15.1 Å². The zero-order chi connectivity index (χ0) is 19.1. The van der Waals surface area contributed by atoms with Gasteiger partial charge < -0.3 is 19.4 Å². The summed E-state index contributed by atoms with van der Waals surface area (Å²) >= 11 is 0. The van der Waals surface area contributed by atoms with Gasteiger partial charge in [0.05, 0.1) is 11.1 Å². The van der Waals surface area contributed by atoms with E-state index in [1.54, 1.807) is 23.4 Å². The molecule has 0 unspecified atom stereocenters. The molecule has 4 heterocycles. The van der Waals surface area contributed by atoms with Crippen LogP contribution in [0.1, 0.15) is 22.3 Å². The zero-order valence-electron chi connectivity index (χ0n) is 15.2. The van der Waals surface area contributed by atoms with E-state index in [9.17, 15) is 9.59 Å². The Labute approximate surface area is 161 Å². The Morgan fingerprint density at radius 1 is 1.21 bits per heavy atom. The predicted molar refractivity (Wildman–Crippen MR) is 102 cm³/mol. The summed E-state index contributed by atoms with van der Waals surface area (Å²) in [6.45, 7) is 0.980. The van der Waals surface area contributed by atoms with Crippen LogP contribution in [0.2, 0.25) is 0 Å². The molecule has 2 aromatic heterocycles. The van der Waals surface area contributed by atoms with Crippen molar-refractivity contribution in [1.82, 2.24) is 19.6 Å².